The summed E-state index contributed by atoms with van der Waals surface area (Å²) in [7, 11) is 0. The molecule has 1 aromatic heterocycles. The minimum absolute atomic E-state index is 0.171. The van der Waals surface area contributed by atoms with E-state index in [1.54, 1.807) is 0 Å². The van der Waals surface area contributed by atoms with Crippen molar-refractivity contribution in [3.8, 4) is 0 Å². The molecule has 12 heavy (non-hydrogen) atoms. The Morgan fingerprint density at radius 1 is 1.00 bits per heavy atom. The van der Waals surface area contributed by atoms with Crippen molar-refractivity contribution in [1.82, 2.24) is 10.2 Å². The number of hydrogen-bond donors (Lipinski definition) is 0. The zero-order chi connectivity index (χ0) is 9.14. The Morgan fingerprint density at radius 3 is 1.58 bits per heavy atom. The number of rotatable bonds is 2. The van der Waals surface area contributed by atoms with E-state index in [9.17, 15) is 9.59 Å². The highest BCUT2D eigenvalue weighted by atomic mass is 16.1. The third-order valence-electron chi connectivity index (χ3n) is 1.49. The van der Waals surface area contributed by atoms with Gasteiger partial charge in [0.05, 0.1) is 12.4 Å². The Kier molecular flexibility index (Phi) is 2.28. The first-order valence-corrected chi connectivity index (χ1v) is 3.45. The number of carbonyl (C=O) groups is 2. The van der Waals surface area contributed by atoms with Crippen LogP contribution in [0.4, 0.5) is 0 Å². The molecule has 4 nitrogen and oxygen atoms in total. The minimum Gasteiger partial charge on any atom is -0.294 e. The molecule has 0 radical (unpaired) electrons. The van der Waals surface area contributed by atoms with E-state index in [4.69, 9.17) is 0 Å². The van der Waals surface area contributed by atoms with Crippen molar-refractivity contribution in [2.45, 2.75) is 13.8 Å². The fourth-order valence-corrected chi connectivity index (χ4v) is 0.882. The Labute approximate surface area is 69.6 Å². The van der Waals surface area contributed by atoms with Crippen LogP contribution in [0, 0.1) is 0 Å². The average Bonchev–Trinajstić information content (AvgIpc) is 2.04. The maximum atomic E-state index is 11.0. The number of Topliss-reactive ketones (excluding diaryl/α,β-unsaturated/α-hetero) is 2. The van der Waals surface area contributed by atoms with E-state index in [0.717, 1.165) is 0 Å². The first-order valence-electron chi connectivity index (χ1n) is 3.45. The van der Waals surface area contributed by atoms with Gasteiger partial charge in [0.15, 0.2) is 11.6 Å². The Hall–Kier alpha value is -1.58. The number of ketones is 2. The van der Waals surface area contributed by atoms with Crippen LogP contribution in [0.3, 0.4) is 0 Å². The fraction of sp³-hybridized carbons (Fsp3) is 0.250. The second-order valence-corrected chi connectivity index (χ2v) is 2.43. The summed E-state index contributed by atoms with van der Waals surface area (Å²) in [5.41, 5.74) is 0.662. The third-order valence-corrected chi connectivity index (χ3v) is 1.49. The van der Waals surface area contributed by atoms with Gasteiger partial charge >= 0.3 is 0 Å². The van der Waals surface area contributed by atoms with Crippen LogP contribution < -0.4 is 0 Å². The van der Waals surface area contributed by atoms with Crippen LogP contribution in [0.2, 0.25) is 0 Å². The second-order valence-electron chi connectivity index (χ2n) is 2.43. The van der Waals surface area contributed by atoms with Gasteiger partial charge in [-0.1, -0.05) is 0 Å². The molecule has 4 heteroatoms. The molecular weight excluding hydrogens is 156 g/mol. The summed E-state index contributed by atoms with van der Waals surface area (Å²) < 4.78 is 0. The van der Waals surface area contributed by atoms with E-state index in [0.29, 0.717) is 11.1 Å². The maximum absolute atomic E-state index is 11.0. The topological polar surface area (TPSA) is 59.9 Å². The zero-order valence-electron chi connectivity index (χ0n) is 6.87. The van der Waals surface area contributed by atoms with Crippen molar-refractivity contribution in [1.29, 1.82) is 0 Å². The summed E-state index contributed by atoms with van der Waals surface area (Å²) in [5, 5.41) is 7.05. The molecule has 0 amide bonds. The fourth-order valence-electron chi connectivity index (χ4n) is 0.882. The maximum Gasteiger partial charge on any atom is 0.162 e. The molecule has 0 aliphatic rings. The van der Waals surface area contributed by atoms with E-state index >= 15 is 0 Å². The molecule has 0 fully saturated rings. The van der Waals surface area contributed by atoms with Gasteiger partial charge in [0.25, 0.3) is 0 Å². The molecule has 0 aromatic carbocycles. The van der Waals surface area contributed by atoms with Crippen molar-refractivity contribution >= 4 is 11.6 Å². The van der Waals surface area contributed by atoms with Gasteiger partial charge in [-0.25, -0.2) is 0 Å². The predicted molar refractivity (Wildman–Crippen MR) is 42.0 cm³/mol. The lowest BCUT2D eigenvalue weighted by Crippen LogP contribution is -2.05. The lowest BCUT2D eigenvalue weighted by Gasteiger charge is -1.99. The highest BCUT2D eigenvalue weighted by molar-refractivity contribution is 6.06. The van der Waals surface area contributed by atoms with E-state index in [1.165, 1.54) is 26.2 Å². The van der Waals surface area contributed by atoms with Gasteiger partial charge in [-0.3, -0.25) is 9.59 Å². The van der Waals surface area contributed by atoms with Gasteiger partial charge in [-0.05, 0) is 13.8 Å². The van der Waals surface area contributed by atoms with Crippen LogP contribution in [-0.4, -0.2) is 21.8 Å². The molecule has 0 N–H and O–H groups in total. The molecular formula is C8H8N2O2. The van der Waals surface area contributed by atoms with E-state index < -0.39 is 0 Å². The molecule has 0 spiro atoms. The van der Waals surface area contributed by atoms with Gasteiger partial charge in [0.2, 0.25) is 0 Å². The Bertz CT molecular complexity index is 301. The first kappa shape index (κ1) is 8.52. The number of nitrogens with zero attached hydrogens (tertiary/aromatic N) is 2. The van der Waals surface area contributed by atoms with E-state index in [-0.39, 0.29) is 11.6 Å². The smallest absolute Gasteiger partial charge is 0.162 e. The standard InChI is InChI=1S/C8H8N2O2/c1-5(11)7-3-9-10-4-8(7)6(2)12/h3-4H,1-2H3. The van der Waals surface area contributed by atoms with Crippen molar-refractivity contribution in [2.24, 2.45) is 0 Å². The molecule has 0 aliphatic heterocycles. The second kappa shape index (κ2) is 3.21. The summed E-state index contributed by atoms with van der Waals surface area (Å²) in [6.07, 6.45) is 2.61. The van der Waals surface area contributed by atoms with Crippen LogP contribution in [-0.2, 0) is 0 Å². The largest absolute Gasteiger partial charge is 0.294 e. The summed E-state index contributed by atoms with van der Waals surface area (Å²) >= 11 is 0. The SMILES string of the molecule is CC(=O)c1cnncc1C(C)=O. The molecule has 0 aliphatic carbocycles. The van der Waals surface area contributed by atoms with Crippen molar-refractivity contribution in [2.75, 3.05) is 0 Å². The average molecular weight is 164 g/mol. The van der Waals surface area contributed by atoms with Gasteiger partial charge in [-0.15, -0.1) is 0 Å². The third kappa shape index (κ3) is 1.53. The predicted octanol–water partition coefficient (Wildman–Crippen LogP) is 0.882. The van der Waals surface area contributed by atoms with Crippen LogP contribution >= 0.6 is 0 Å². The summed E-state index contributed by atoms with van der Waals surface area (Å²) in [4.78, 5) is 21.9. The molecule has 1 rings (SSSR count). The molecule has 0 unspecified atom stereocenters. The highest BCUT2D eigenvalue weighted by Crippen LogP contribution is 2.06. The lowest BCUT2D eigenvalue weighted by molar-refractivity contribution is 0.0980. The van der Waals surface area contributed by atoms with E-state index in [2.05, 4.69) is 10.2 Å². The van der Waals surface area contributed by atoms with Crippen LogP contribution in [0.25, 0.3) is 0 Å². The van der Waals surface area contributed by atoms with Crippen LogP contribution in [0.5, 0.6) is 0 Å². The zero-order valence-corrected chi connectivity index (χ0v) is 6.87. The highest BCUT2D eigenvalue weighted by Gasteiger charge is 2.10. The molecule has 0 bridgehead atoms. The molecule has 1 aromatic rings. The summed E-state index contributed by atoms with van der Waals surface area (Å²) in [6.45, 7) is 2.78. The first-order chi connectivity index (χ1) is 5.63. The molecule has 62 valence electrons. The normalized spacial score (nSPS) is 9.50. The summed E-state index contributed by atoms with van der Waals surface area (Å²) in [5.74, 6) is -0.342. The van der Waals surface area contributed by atoms with E-state index in [1.807, 2.05) is 0 Å². The Balaban J connectivity index is 3.27. The molecule has 0 saturated carbocycles. The van der Waals surface area contributed by atoms with Gasteiger partial charge < -0.3 is 0 Å². The van der Waals surface area contributed by atoms with Gasteiger partial charge in [0, 0.05) is 11.1 Å². The van der Waals surface area contributed by atoms with Crippen LogP contribution in [0.15, 0.2) is 12.4 Å². The number of carbonyl (C=O) groups excluding carboxylic acids is 2. The minimum atomic E-state index is -0.171. The van der Waals surface area contributed by atoms with Crippen molar-refractivity contribution in [3.63, 3.8) is 0 Å². The quantitative estimate of drug-likeness (QED) is 0.609. The lowest BCUT2D eigenvalue weighted by atomic mass is 10.1. The van der Waals surface area contributed by atoms with Crippen molar-refractivity contribution < 1.29 is 9.59 Å². The Morgan fingerprint density at radius 2 is 1.33 bits per heavy atom. The summed E-state index contributed by atoms with van der Waals surface area (Å²) in [6, 6.07) is 0. The van der Waals surface area contributed by atoms with Gasteiger partial charge in [0.1, 0.15) is 0 Å². The van der Waals surface area contributed by atoms with Crippen molar-refractivity contribution in [3.05, 3.63) is 23.5 Å². The van der Waals surface area contributed by atoms with Gasteiger partial charge in [-0.2, -0.15) is 10.2 Å². The monoisotopic (exact) mass is 164 g/mol. The molecule has 1 heterocycles. The molecule has 0 saturated heterocycles. The number of hydrogen-bond acceptors (Lipinski definition) is 4. The molecule has 0 atom stereocenters. The van der Waals surface area contributed by atoms with Crippen LogP contribution in [0.1, 0.15) is 34.6 Å². The number of aromatic nitrogens is 2.